The van der Waals surface area contributed by atoms with E-state index in [1.54, 1.807) is 7.05 Å². The van der Waals surface area contributed by atoms with Crippen LogP contribution in [-0.2, 0) is 11.0 Å². The number of nitrogen functional groups attached to an aromatic ring is 1. The van der Waals surface area contributed by atoms with E-state index in [9.17, 15) is 23.2 Å². The summed E-state index contributed by atoms with van der Waals surface area (Å²) < 4.78 is 46.0. The van der Waals surface area contributed by atoms with Gasteiger partial charge in [0.25, 0.3) is 0 Å². The van der Waals surface area contributed by atoms with Crippen LogP contribution in [0.4, 0.5) is 24.5 Å². The maximum absolute atomic E-state index is 13.6. The van der Waals surface area contributed by atoms with Crippen molar-refractivity contribution < 1.29 is 22.7 Å². The molecule has 0 bridgehead atoms. The molecule has 2 aromatic rings. The number of pyridine rings is 1. The maximum Gasteiger partial charge on any atom is 0.419 e. The summed E-state index contributed by atoms with van der Waals surface area (Å²) in [6, 6.07) is 6.85. The van der Waals surface area contributed by atoms with Gasteiger partial charge in [-0.25, -0.2) is 4.98 Å². The van der Waals surface area contributed by atoms with E-state index in [2.05, 4.69) is 15.6 Å². The number of amides is 1. The van der Waals surface area contributed by atoms with Gasteiger partial charge in [-0.15, -0.1) is 0 Å². The molecule has 0 atom stereocenters. The lowest BCUT2D eigenvalue weighted by atomic mass is 10.0. The summed E-state index contributed by atoms with van der Waals surface area (Å²) in [4.78, 5) is 14.7. The first-order valence-corrected chi connectivity index (χ1v) is 8.89. The Morgan fingerprint density at radius 3 is 2.67 bits per heavy atom. The van der Waals surface area contributed by atoms with E-state index in [0.29, 0.717) is 18.7 Å². The normalized spacial score (nSPS) is 11.0. The molecule has 0 unspecified atom stereocenters. The third kappa shape index (κ3) is 5.74. The number of anilines is 2. The highest BCUT2D eigenvalue weighted by Gasteiger charge is 2.35. The van der Waals surface area contributed by atoms with Crippen molar-refractivity contribution in [3.8, 4) is 23.1 Å². The Hall–Kier alpha value is -3.52. The van der Waals surface area contributed by atoms with Crippen LogP contribution in [0.15, 0.2) is 24.3 Å². The number of rotatable bonds is 9. The van der Waals surface area contributed by atoms with E-state index in [1.165, 1.54) is 18.2 Å². The van der Waals surface area contributed by atoms with Gasteiger partial charge in [0.1, 0.15) is 11.8 Å². The Morgan fingerprint density at radius 2 is 2.07 bits per heavy atom. The molecular weight excluding hydrogens is 401 g/mol. The first kappa shape index (κ1) is 22.8. The van der Waals surface area contributed by atoms with Crippen molar-refractivity contribution in [2.75, 3.05) is 37.8 Å². The second kappa shape index (κ2) is 9.80. The van der Waals surface area contributed by atoms with Crippen molar-refractivity contribution in [2.24, 2.45) is 5.73 Å². The summed E-state index contributed by atoms with van der Waals surface area (Å²) in [7, 11) is 1.58. The molecule has 2 rings (SSSR count). The van der Waals surface area contributed by atoms with Gasteiger partial charge in [-0.3, -0.25) is 4.79 Å². The van der Waals surface area contributed by atoms with Gasteiger partial charge in [-0.2, -0.15) is 18.4 Å². The highest BCUT2D eigenvalue weighted by atomic mass is 19.4. The van der Waals surface area contributed by atoms with Crippen LogP contribution in [0.25, 0.3) is 11.3 Å². The monoisotopic (exact) mass is 422 g/mol. The lowest BCUT2D eigenvalue weighted by Crippen LogP contribution is -2.29. The van der Waals surface area contributed by atoms with E-state index in [1.807, 2.05) is 6.07 Å². The lowest BCUT2D eigenvalue weighted by molar-refractivity contribution is -0.139. The van der Waals surface area contributed by atoms with Crippen LogP contribution in [0, 0.1) is 11.3 Å². The molecule has 0 fully saturated rings. The lowest BCUT2D eigenvalue weighted by Gasteiger charge is -2.16. The van der Waals surface area contributed by atoms with Crippen molar-refractivity contribution >= 4 is 17.3 Å². The van der Waals surface area contributed by atoms with Gasteiger partial charge in [0.05, 0.1) is 35.8 Å². The number of hydrogen-bond acceptors (Lipinski definition) is 7. The third-order valence-electron chi connectivity index (χ3n) is 4.07. The zero-order valence-corrected chi connectivity index (χ0v) is 16.1. The van der Waals surface area contributed by atoms with E-state index in [0.717, 1.165) is 6.07 Å². The average molecular weight is 422 g/mol. The maximum atomic E-state index is 13.6. The molecular formula is C19H21F3N6O2. The number of benzene rings is 1. The summed E-state index contributed by atoms with van der Waals surface area (Å²) >= 11 is 0. The zero-order chi connectivity index (χ0) is 22.3. The molecule has 0 aliphatic carbocycles. The summed E-state index contributed by atoms with van der Waals surface area (Å²) in [5.41, 5.74) is 10.6. The number of carbonyl (C=O) groups excluding carboxylic acids is 1. The highest BCUT2D eigenvalue weighted by molar-refractivity contribution is 5.77. The fraction of sp³-hybridized carbons (Fsp3) is 0.316. The number of nitrogens with two attached hydrogens (primary N) is 2. The second-order valence-electron chi connectivity index (χ2n) is 6.23. The van der Waals surface area contributed by atoms with Gasteiger partial charge in [-0.1, -0.05) is 0 Å². The molecule has 1 amide bonds. The number of nitrogens with one attached hydrogen (secondary N) is 2. The molecule has 8 nitrogen and oxygen atoms in total. The number of aromatic nitrogens is 1. The van der Waals surface area contributed by atoms with Crippen molar-refractivity contribution in [3.63, 3.8) is 0 Å². The third-order valence-corrected chi connectivity index (χ3v) is 4.07. The molecule has 0 saturated heterocycles. The molecule has 1 aromatic heterocycles. The number of primary amides is 1. The number of hydrogen-bond donors (Lipinski definition) is 4. The van der Waals surface area contributed by atoms with Gasteiger partial charge in [0.2, 0.25) is 5.91 Å². The van der Waals surface area contributed by atoms with Crippen molar-refractivity contribution in [1.82, 2.24) is 10.3 Å². The number of ether oxygens (including phenoxy) is 1. The average Bonchev–Trinajstić information content (AvgIpc) is 2.70. The molecule has 1 heterocycles. The number of alkyl halides is 3. The first-order valence-electron chi connectivity index (χ1n) is 8.89. The fourth-order valence-electron chi connectivity index (χ4n) is 2.62. The molecule has 0 spiro atoms. The van der Waals surface area contributed by atoms with E-state index < -0.39 is 17.6 Å². The van der Waals surface area contributed by atoms with Crippen molar-refractivity contribution in [2.45, 2.75) is 12.6 Å². The standard InChI is InChI=1S/C19H21F3N6O2/c1-26-14-8-13(28-15(9-23)18(14)25)11-3-4-16(12(7-11)19(20,21)22)30-6-2-5-27-10-17(24)29/h3-4,7-8,27H,2,5-6,10,25H2,1H3,(H2,24,29)(H,26,28). The minimum Gasteiger partial charge on any atom is -0.493 e. The molecule has 30 heavy (non-hydrogen) atoms. The van der Waals surface area contributed by atoms with Crippen molar-refractivity contribution in [3.05, 3.63) is 35.5 Å². The molecule has 11 heteroatoms. The molecule has 0 saturated carbocycles. The van der Waals surface area contributed by atoms with Gasteiger partial charge in [0.15, 0.2) is 5.69 Å². The quantitative estimate of drug-likeness (QED) is 0.454. The van der Waals surface area contributed by atoms with Gasteiger partial charge in [0, 0.05) is 12.6 Å². The van der Waals surface area contributed by atoms with Gasteiger partial charge < -0.3 is 26.8 Å². The van der Waals surface area contributed by atoms with Crippen LogP contribution in [0.1, 0.15) is 17.7 Å². The molecule has 6 N–H and O–H groups in total. The van der Waals surface area contributed by atoms with Crippen LogP contribution < -0.4 is 26.8 Å². The predicted molar refractivity (Wildman–Crippen MR) is 106 cm³/mol. The summed E-state index contributed by atoms with van der Waals surface area (Å²) in [6.07, 6.45) is -4.28. The second-order valence-corrected chi connectivity index (χ2v) is 6.23. The predicted octanol–water partition coefficient (Wildman–Crippen LogP) is 2.11. The molecule has 1 aromatic carbocycles. The topological polar surface area (TPSA) is 139 Å². The van der Waals surface area contributed by atoms with Gasteiger partial charge >= 0.3 is 6.18 Å². The Labute approximate surface area is 171 Å². The van der Waals surface area contributed by atoms with E-state index >= 15 is 0 Å². The largest absolute Gasteiger partial charge is 0.493 e. The van der Waals surface area contributed by atoms with Crippen LogP contribution >= 0.6 is 0 Å². The number of carbonyl (C=O) groups is 1. The Kier molecular flexibility index (Phi) is 7.43. The summed E-state index contributed by atoms with van der Waals surface area (Å²) in [5.74, 6) is -0.853. The Morgan fingerprint density at radius 1 is 1.33 bits per heavy atom. The van der Waals surface area contributed by atoms with Gasteiger partial charge in [-0.05, 0) is 37.2 Å². The van der Waals surface area contributed by atoms with Crippen LogP contribution in [-0.4, -0.2) is 37.6 Å². The van der Waals surface area contributed by atoms with Crippen LogP contribution in [0.5, 0.6) is 5.75 Å². The number of halogens is 3. The van der Waals surface area contributed by atoms with E-state index in [4.69, 9.17) is 16.2 Å². The fourth-order valence-corrected chi connectivity index (χ4v) is 2.62. The van der Waals surface area contributed by atoms with Crippen molar-refractivity contribution in [1.29, 1.82) is 5.26 Å². The number of nitrogens with zero attached hydrogens (tertiary/aromatic N) is 2. The van der Waals surface area contributed by atoms with Crippen LogP contribution in [0.2, 0.25) is 0 Å². The van der Waals surface area contributed by atoms with E-state index in [-0.39, 0.29) is 41.5 Å². The molecule has 0 radical (unpaired) electrons. The van der Waals surface area contributed by atoms with Crippen LogP contribution in [0.3, 0.4) is 0 Å². The smallest absolute Gasteiger partial charge is 0.419 e. The highest BCUT2D eigenvalue weighted by Crippen LogP contribution is 2.39. The zero-order valence-electron chi connectivity index (χ0n) is 16.1. The number of nitriles is 1. The molecule has 160 valence electrons. The SMILES string of the molecule is CNc1cc(-c2ccc(OCCCNCC(N)=O)c(C(F)(F)F)c2)nc(C#N)c1N. The minimum absolute atomic E-state index is 0.0107. The Balaban J connectivity index is 2.27. The Bertz CT molecular complexity index is 957. The minimum atomic E-state index is -4.66. The molecule has 0 aliphatic heterocycles. The summed E-state index contributed by atoms with van der Waals surface area (Å²) in [5, 5.41) is 14.7. The summed E-state index contributed by atoms with van der Waals surface area (Å²) in [6.45, 7) is 0.356. The first-order chi connectivity index (χ1) is 14.2. The molecule has 0 aliphatic rings.